The van der Waals surface area contributed by atoms with Crippen LogP contribution in [0.5, 0.6) is 0 Å². The molecular weight excluding hydrogens is 286 g/mol. The van der Waals surface area contributed by atoms with Gasteiger partial charge in [-0.25, -0.2) is 13.6 Å². The van der Waals surface area contributed by atoms with E-state index in [1.807, 2.05) is 0 Å². The number of benzene rings is 1. The first-order valence-corrected chi connectivity index (χ1v) is 9.06. The summed E-state index contributed by atoms with van der Waals surface area (Å²) >= 11 is 0. The number of nitrogens with one attached hydrogen (secondary N) is 1. The van der Waals surface area contributed by atoms with E-state index in [1.54, 1.807) is 24.3 Å². The zero-order valence-electron chi connectivity index (χ0n) is 12.7. The molecular formula is C15H25N3O2S. The number of piperidine rings is 1. The highest BCUT2D eigenvalue weighted by atomic mass is 32.2. The zero-order chi connectivity index (χ0) is 15.5. The average molecular weight is 311 g/mol. The summed E-state index contributed by atoms with van der Waals surface area (Å²) < 4.78 is 22.5. The molecule has 0 saturated carbocycles. The molecule has 1 aromatic rings. The van der Waals surface area contributed by atoms with E-state index in [9.17, 15) is 8.42 Å². The lowest BCUT2D eigenvalue weighted by atomic mass is 9.90. The molecule has 0 spiro atoms. The highest BCUT2D eigenvalue weighted by Crippen LogP contribution is 2.23. The summed E-state index contributed by atoms with van der Waals surface area (Å²) in [5, 5.41) is 8.57. The van der Waals surface area contributed by atoms with Crippen molar-refractivity contribution in [1.82, 2.24) is 4.90 Å². The van der Waals surface area contributed by atoms with E-state index < -0.39 is 10.0 Å². The zero-order valence-corrected chi connectivity index (χ0v) is 13.6. The van der Waals surface area contributed by atoms with Crippen LogP contribution in [0.2, 0.25) is 0 Å². The number of primary sulfonamides is 1. The molecule has 21 heavy (non-hydrogen) atoms. The molecule has 0 amide bonds. The van der Waals surface area contributed by atoms with Gasteiger partial charge in [0.25, 0.3) is 0 Å². The maximum Gasteiger partial charge on any atom is 0.238 e. The van der Waals surface area contributed by atoms with Crippen LogP contribution in [0.4, 0.5) is 5.69 Å². The summed E-state index contributed by atoms with van der Waals surface area (Å²) in [5.74, 6) is 0.658. The van der Waals surface area contributed by atoms with Gasteiger partial charge in [-0.1, -0.05) is 6.92 Å². The second-order valence-electron chi connectivity index (χ2n) is 5.77. The topological polar surface area (TPSA) is 75.4 Å². The van der Waals surface area contributed by atoms with E-state index >= 15 is 0 Å². The molecule has 118 valence electrons. The Labute approximate surface area is 127 Å². The minimum atomic E-state index is -3.61. The molecule has 0 aromatic heterocycles. The molecule has 1 saturated heterocycles. The number of rotatable bonds is 5. The molecule has 0 bridgehead atoms. The Balaban J connectivity index is 1.92. The van der Waals surface area contributed by atoms with E-state index in [-0.39, 0.29) is 4.90 Å². The van der Waals surface area contributed by atoms with Gasteiger partial charge in [-0.2, -0.15) is 0 Å². The van der Waals surface area contributed by atoms with Gasteiger partial charge >= 0.3 is 0 Å². The Bertz CT molecular complexity index is 549. The van der Waals surface area contributed by atoms with Crippen molar-refractivity contribution >= 4 is 15.7 Å². The Morgan fingerprint density at radius 3 is 2.33 bits per heavy atom. The van der Waals surface area contributed by atoms with Crippen LogP contribution in [0, 0.1) is 5.92 Å². The first kappa shape index (κ1) is 16.3. The summed E-state index contributed by atoms with van der Waals surface area (Å²) in [4.78, 5) is 2.63. The normalized spacial score (nSPS) is 19.4. The SMILES string of the molecule is CCN1CCC(C(C)Nc2ccc(S(N)(=O)=O)cc2)CC1. The van der Waals surface area contributed by atoms with Crippen molar-refractivity contribution in [3.8, 4) is 0 Å². The predicted octanol–water partition coefficient (Wildman–Crippen LogP) is 1.87. The van der Waals surface area contributed by atoms with Crippen LogP contribution in [-0.2, 0) is 10.0 Å². The maximum atomic E-state index is 11.2. The number of nitrogens with zero attached hydrogens (tertiary/aromatic N) is 1. The fourth-order valence-corrected chi connectivity index (χ4v) is 3.41. The maximum absolute atomic E-state index is 11.2. The summed E-state index contributed by atoms with van der Waals surface area (Å²) in [7, 11) is -3.61. The standard InChI is InChI=1S/C15H25N3O2S/c1-3-18-10-8-13(9-11-18)12(2)17-14-4-6-15(7-5-14)21(16,19)20/h4-7,12-13,17H,3,8-11H2,1-2H3,(H2,16,19,20). The fraction of sp³-hybridized carbons (Fsp3) is 0.600. The van der Waals surface area contributed by atoms with Gasteiger partial charge in [0, 0.05) is 11.7 Å². The minimum absolute atomic E-state index is 0.150. The smallest absolute Gasteiger partial charge is 0.238 e. The first-order chi connectivity index (χ1) is 9.90. The van der Waals surface area contributed by atoms with E-state index in [0.717, 1.165) is 25.3 Å². The summed E-state index contributed by atoms with van der Waals surface area (Å²) in [6, 6.07) is 7.02. The van der Waals surface area contributed by atoms with Crippen molar-refractivity contribution in [2.24, 2.45) is 11.1 Å². The molecule has 5 nitrogen and oxygen atoms in total. The lowest BCUT2D eigenvalue weighted by molar-refractivity contribution is 0.183. The van der Waals surface area contributed by atoms with Gasteiger partial charge in [-0.15, -0.1) is 0 Å². The van der Waals surface area contributed by atoms with Crippen LogP contribution in [0.1, 0.15) is 26.7 Å². The minimum Gasteiger partial charge on any atom is -0.382 e. The molecule has 1 aliphatic rings. The molecule has 1 fully saturated rings. The third-order valence-electron chi connectivity index (χ3n) is 4.36. The highest BCUT2D eigenvalue weighted by Gasteiger charge is 2.23. The summed E-state index contributed by atoms with van der Waals surface area (Å²) in [5.41, 5.74) is 0.938. The number of sulfonamides is 1. The van der Waals surface area contributed by atoms with Crippen molar-refractivity contribution in [3.63, 3.8) is 0 Å². The molecule has 3 N–H and O–H groups in total. The van der Waals surface area contributed by atoms with Crippen molar-refractivity contribution < 1.29 is 8.42 Å². The molecule has 1 aromatic carbocycles. The molecule has 1 unspecified atom stereocenters. The molecule has 6 heteroatoms. The van der Waals surface area contributed by atoms with Gasteiger partial charge in [0.05, 0.1) is 4.90 Å². The lowest BCUT2D eigenvalue weighted by Crippen LogP contribution is -2.39. The number of likely N-dealkylation sites (tertiary alicyclic amines) is 1. The van der Waals surface area contributed by atoms with Gasteiger partial charge in [0.1, 0.15) is 0 Å². The monoisotopic (exact) mass is 311 g/mol. The van der Waals surface area contributed by atoms with Crippen LogP contribution < -0.4 is 10.5 Å². The van der Waals surface area contributed by atoms with Gasteiger partial charge in [0.15, 0.2) is 0 Å². The van der Waals surface area contributed by atoms with Gasteiger partial charge in [-0.05, 0) is 69.6 Å². The molecule has 0 radical (unpaired) electrons. The van der Waals surface area contributed by atoms with Crippen molar-refractivity contribution in [1.29, 1.82) is 0 Å². The van der Waals surface area contributed by atoms with E-state index in [4.69, 9.17) is 5.14 Å². The third kappa shape index (κ3) is 4.43. The Hall–Kier alpha value is -1.11. The van der Waals surface area contributed by atoms with Crippen molar-refractivity contribution in [2.75, 3.05) is 25.0 Å². The third-order valence-corrected chi connectivity index (χ3v) is 5.29. The second kappa shape index (κ2) is 6.77. The molecule has 1 aliphatic heterocycles. The van der Waals surface area contributed by atoms with Crippen LogP contribution >= 0.6 is 0 Å². The van der Waals surface area contributed by atoms with Crippen molar-refractivity contribution in [2.45, 2.75) is 37.6 Å². The Morgan fingerprint density at radius 2 is 1.86 bits per heavy atom. The van der Waals surface area contributed by atoms with E-state index in [2.05, 4.69) is 24.1 Å². The van der Waals surface area contributed by atoms with Crippen LogP contribution in [0.3, 0.4) is 0 Å². The highest BCUT2D eigenvalue weighted by molar-refractivity contribution is 7.89. The van der Waals surface area contributed by atoms with E-state index in [1.165, 1.54) is 12.8 Å². The summed E-state index contributed by atoms with van der Waals surface area (Å²) in [6.45, 7) is 7.85. The van der Waals surface area contributed by atoms with Gasteiger partial charge in [0.2, 0.25) is 10.0 Å². The van der Waals surface area contributed by atoms with Gasteiger partial charge < -0.3 is 10.2 Å². The molecule has 1 heterocycles. The predicted molar refractivity (Wildman–Crippen MR) is 85.7 cm³/mol. The average Bonchev–Trinajstić information content (AvgIpc) is 2.47. The quantitative estimate of drug-likeness (QED) is 0.870. The number of hydrogen-bond acceptors (Lipinski definition) is 4. The number of hydrogen-bond donors (Lipinski definition) is 2. The van der Waals surface area contributed by atoms with E-state index in [0.29, 0.717) is 12.0 Å². The molecule has 1 atom stereocenters. The van der Waals surface area contributed by atoms with Crippen LogP contribution in [-0.4, -0.2) is 39.0 Å². The summed E-state index contributed by atoms with van der Waals surface area (Å²) in [6.07, 6.45) is 2.41. The second-order valence-corrected chi connectivity index (χ2v) is 7.34. The fourth-order valence-electron chi connectivity index (χ4n) is 2.89. The molecule has 0 aliphatic carbocycles. The van der Waals surface area contributed by atoms with Crippen molar-refractivity contribution in [3.05, 3.63) is 24.3 Å². The lowest BCUT2D eigenvalue weighted by Gasteiger charge is -2.34. The van der Waals surface area contributed by atoms with Crippen LogP contribution in [0.25, 0.3) is 0 Å². The van der Waals surface area contributed by atoms with Gasteiger partial charge in [-0.3, -0.25) is 0 Å². The van der Waals surface area contributed by atoms with Crippen LogP contribution in [0.15, 0.2) is 29.2 Å². The number of anilines is 1. The number of nitrogens with two attached hydrogens (primary N) is 1. The Morgan fingerprint density at radius 1 is 1.29 bits per heavy atom. The molecule has 2 rings (SSSR count). The first-order valence-electron chi connectivity index (χ1n) is 7.52. The Kier molecular flexibility index (Phi) is 5.24. The largest absolute Gasteiger partial charge is 0.382 e.